The number of para-hydroxylation sites is 1. The van der Waals surface area contributed by atoms with E-state index < -0.39 is 0 Å². The van der Waals surface area contributed by atoms with Gasteiger partial charge in [-0.05, 0) is 26.0 Å². The summed E-state index contributed by atoms with van der Waals surface area (Å²) in [7, 11) is 0. The molecule has 1 unspecified atom stereocenters. The van der Waals surface area contributed by atoms with Gasteiger partial charge in [0.25, 0.3) is 0 Å². The summed E-state index contributed by atoms with van der Waals surface area (Å²) in [5, 5.41) is 2.89. The Bertz CT molecular complexity index is 546. The normalized spacial score (nSPS) is 21.5. The molecule has 1 aromatic rings. The van der Waals surface area contributed by atoms with Crippen molar-refractivity contribution in [1.82, 2.24) is 10.2 Å². The maximum absolute atomic E-state index is 11.6. The lowest BCUT2D eigenvalue weighted by Crippen LogP contribution is -2.52. The Balaban J connectivity index is 1.80. The highest BCUT2D eigenvalue weighted by molar-refractivity contribution is 5.78. The van der Waals surface area contributed by atoms with Crippen LogP contribution in [0.4, 0.5) is 16.2 Å². The van der Waals surface area contributed by atoms with Crippen molar-refractivity contribution in [3.8, 4) is 5.75 Å². The second-order valence-corrected chi connectivity index (χ2v) is 5.83. The van der Waals surface area contributed by atoms with Crippen LogP contribution in [0.5, 0.6) is 5.75 Å². The smallest absolute Gasteiger partial charge is 0.317 e. The second kappa shape index (κ2) is 5.35. The molecule has 2 aliphatic heterocycles. The first-order valence-corrected chi connectivity index (χ1v) is 7.41. The summed E-state index contributed by atoms with van der Waals surface area (Å²) in [6.07, 6.45) is 0.0936. The van der Waals surface area contributed by atoms with E-state index in [0.717, 1.165) is 31.1 Å². The van der Waals surface area contributed by atoms with Crippen LogP contribution in [-0.4, -0.2) is 49.3 Å². The van der Waals surface area contributed by atoms with Crippen LogP contribution < -0.4 is 20.7 Å². The van der Waals surface area contributed by atoms with Crippen LogP contribution >= 0.6 is 0 Å². The standard InChI is InChI=1S/C15H22N4O2/c1-10(2)21-13-5-3-4-12(14(13)16)18-6-7-19-11(9-18)8-17-15(19)20/h3-5,10-11H,6-9,16H2,1-2H3,(H,17,20). The van der Waals surface area contributed by atoms with Gasteiger partial charge >= 0.3 is 6.03 Å². The van der Waals surface area contributed by atoms with Gasteiger partial charge in [0.2, 0.25) is 0 Å². The highest BCUT2D eigenvalue weighted by Gasteiger charge is 2.36. The Morgan fingerprint density at radius 2 is 2.19 bits per heavy atom. The van der Waals surface area contributed by atoms with E-state index in [-0.39, 0.29) is 18.2 Å². The molecule has 114 valence electrons. The maximum Gasteiger partial charge on any atom is 0.317 e. The molecule has 0 aliphatic carbocycles. The Labute approximate surface area is 124 Å². The van der Waals surface area contributed by atoms with Crippen molar-refractivity contribution in [2.75, 3.05) is 36.8 Å². The Morgan fingerprint density at radius 1 is 1.38 bits per heavy atom. The summed E-state index contributed by atoms with van der Waals surface area (Å²) >= 11 is 0. The molecule has 3 rings (SSSR count). The molecule has 0 aromatic heterocycles. The molecule has 6 nitrogen and oxygen atoms in total. The number of nitrogens with two attached hydrogens (primary N) is 1. The van der Waals surface area contributed by atoms with Crippen LogP contribution in [0.15, 0.2) is 18.2 Å². The highest BCUT2D eigenvalue weighted by Crippen LogP contribution is 2.34. The van der Waals surface area contributed by atoms with Gasteiger partial charge in [-0.25, -0.2) is 4.79 Å². The number of fused-ring (bicyclic) bond motifs is 1. The summed E-state index contributed by atoms with van der Waals surface area (Å²) < 4.78 is 5.75. The van der Waals surface area contributed by atoms with E-state index in [1.165, 1.54) is 0 Å². The molecule has 0 radical (unpaired) electrons. The van der Waals surface area contributed by atoms with Gasteiger partial charge in [0.15, 0.2) is 0 Å². The van der Waals surface area contributed by atoms with Crippen LogP contribution in [0.25, 0.3) is 0 Å². The lowest BCUT2D eigenvalue weighted by molar-refractivity contribution is 0.197. The largest absolute Gasteiger partial charge is 0.489 e. The van der Waals surface area contributed by atoms with E-state index in [1.54, 1.807) is 0 Å². The van der Waals surface area contributed by atoms with Crippen molar-refractivity contribution in [3.63, 3.8) is 0 Å². The maximum atomic E-state index is 11.6. The van der Waals surface area contributed by atoms with E-state index in [4.69, 9.17) is 10.5 Å². The number of carbonyl (C=O) groups excluding carboxylic acids is 1. The summed E-state index contributed by atoms with van der Waals surface area (Å²) in [5.41, 5.74) is 7.93. The van der Waals surface area contributed by atoms with Crippen molar-refractivity contribution in [2.24, 2.45) is 0 Å². The van der Waals surface area contributed by atoms with E-state index in [2.05, 4.69) is 10.2 Å². The Kier molecular flexibility index (Phi) is 3.53. The molecule has 0 bridgehead atoms. The first-order valence-electron chi connectivity index (χ1n) is 7.41. The lowest BCUT2D eigenvalue weighted by Gasteiger charge is -2.38. The summed E-state index contributed by atoms with van der Waals surface area (Å²) in [6.45, 7) is 7.00. The number of piperazine rings is 1. The number of rotatable bonds is 3. The first kappa shape index (κ1) is 13.9. The molecule has 21 heavy (non-hydrogen) atoms. The molecular weight excluding hydrogens is 268 g/mol. The number of nitrogens with zero attached hydrogens (tertiary/aromatic N) is 2. The zero-order chi connectivity index (χ0) is 15.0. The van der Waals surface area contributed by atoms with Gasteiger partial charge in [-0.15, -0.1) is 0 Å². The number of hydrogen-bond donors (Lipinski definition) is 2. The fraction of sp³-hybridized carbons (Fsp3) is 0.533. The molecule has 1 atom stereocenters. The van der Waals surface area contributed by atoms with Crippen molar-refractivity contribution in [1.29, 1.82) is 0 Å². The number of nitrogen functional groups attached to an aromatic ring is 1. The van der Waals surface area contributed by atoms with Crippen molar-refractivity contribution >= 4 is 17.4 Å². The van der Waals surface area contributed by atoms with Crippen LogP contribution in [0.1, 0.15) is 13.8 Å². The van der Waals surface area contributed by atoms with Crippen LogP contribution in [0, 0.1) is 0 Å². The molecule has 2 fully saturated rings. The number of anilines is 2. The predicted molar refractivity (Wildman–Crippen MR) is 82.7 cm³/mol. The molecular formula is C15H22N4O2. The Morgan fingerprint density at radius 3 is 2.95 bits per heavy atom. The van der Waals surface area contributed by atoms with Crippen LogP contribution in [0.3, 0.4) is 0 Å². The number of urea groups is 1. The quantitative estimate of drug-likeness (QED) is 0.822. The van der Waals surface area contributed by atoms with E-state index in [1.807, 2.05) is 36.9 Å². The van der Waals surface area contributed by atoms with Gasteiger partial charge in [-0.1, -0.05) is 6.07 Å². The van der Waals surface area contributed by atoms with Gasteiger partial charge in [0.05, 0.1) is 23.5 Å². The molecule has 0 saturated carbocycles. The monoisotopic (exact) mass is 290 g/mol. The predicted octanol–water partition coefficient (Wildman–Crippen LogP) is 1.27. The molecule has 2 aliphatic rings. The number of nitrogens with one attached hydrogen (secondary N) is 1. The fourth-order valence-electron chi connectivity index (χ4n) is 2.99. The molecule has 2 heterocycles. The van der Waals surface area contributed by atoms with Gasteiger partial charge in [0, 0.05) is 26.2 Å². The molecule has 2 saturated heterocycles. The minimum absolute atomic E-state index is 0.0458. The van der Waals surface area contributed by atoms with Crippen LogP contribution in [-0.2, 0) is 0 Å². The van der Waals surface area contributed by atoms with E-state index >= 15 is 0 Å². The fourth-order valence-corrected chi connectivity index (χ4v) is 2.99. The number of benzene rings is 1. The summed E-state index contributed by atoms with van der Waals surface area (Å²) in [6, 6.07) is 6.15. The summed E-state index contributed by atoms with van der Waals surface area (Å²) in [4.78, 5) is 15.8. The molecule has 3 N–H and O–H groups in total. The van der Waals surface area contributed by atoms with Crippen molar-refractivity contribution in [3.05, 3.63) is 18.2 Å². The number of ether oxygens (including phenoxy) is 1. The van der Waals surface area contributed by atoms with Gasteiger partial charge in [0.1, 0.15) is 5.75 Å². The zero-order valence-corrected chi connectivity index (χ0v) is 12.5. The third kappa shape index (κ3) is 2.57. The zero-order valence-electron chi connectivity index (χ0n) is 12.5. The lowest BCUT2D eigenvalue weighted by atomic mass is 10.1. The summed E-state index contributed by atoms with van der Waals surface area (Å²) in [5.74, 6) is 0.727. The van der Waals surface area contributed by atoms with Gasteiger partial charge in [-0.3, -0.25) is 0 Å². The van der Waals surface area contributed by atoms with Crippen molar-refractivity contribution in [2.45, 2.75) is 26.0 Å². The number of amides is 2. The van der Waals surface area contributed by atoms with Gasteiger partial charge < -0.3 is 25.6 Å². The topological polar surface area (TPSA) is 70.8 Å². The SMILES string of the molecule is CC(C)Oc1cccc(N2CCN3C(=O)NCC3C2)c1N. The minimum Gasteiger partial charge on any atom is -0.489 e. The van der Waals surface area contributed by atoms with Crippen LogP contribution in [0.2, 0.25) is 0 Å². The number of hydrogen-bond acceptors (Lipinski definition) is 4. The number of carbonyl (C=O) groups is 1. The second-order valence-electron chi connectivity index (χ2n) is 5.83. The minimum atomic E-state index is 0.0458. The molecule has 1 aromatic carbocycles. The molecule has 6 heteroatoms. The molecule has 0 spiro atoms. The average molecular weight is 290 g/mol. The third-order valence-corrected chi connectivity index (χ3v) is 3.98. The average Bonchev–Trinajstić information content (AvgIpc) is 2.82. The van der Waals surface area contributed by atoms with E-state index in [0.29, 0.717) is 12.2 Å². The first-order chi connectivity index (χ1) is 10.1. The highest BCUT2D eigenvalue weighted by atomic mass is 16.5. The van der Waals surface area contributed by atoms with E-state index in [9.17, 15) is 4.79 Å². The van der Waals surface area contributed by atoms with Gasteiger partial charge in [-0.2, -0.15) is 0 Å². The third-order valence-electron chi connectivity index (χ3n) is 3.98. The van der Waals surface area contributed by atoms with Crippen molar-refractivity contribution < 1.29 is 9.53 Å². The Hall–Kier alpha value is -2.11. The molecule has 2 amide bonds.